The number of hydrogen-bond donors (Lipinski definition) is 5. The Balaban J connectivity index is 2.69. The number of rotatable bonds is 9. The van der Waals surface area contributed by atoms with Crippen molar-refractivity contribution in [2.45, 2.75) is 15.3 Å². The molecule has 0 saturated heterocycles. The summed E-state index contributed by atoms with van der Waals surface area (Å²) in [6.07, 6.45) is 1.88. The molecule has 0 fully saturated rings. The van der Waals surface area contributed by atoms with E-state index in [1.54, 1.807) is 6.07 Å². The predicted octanol–water partition coefficient (Wildman–Crippen LogP) is 0.280. The van der Waals surface area contributed by atoms with Crippen molar-refractivity contribution in [1.82, 2.24) is 0 Å². The maximum Gasteiger partial charge on any atom is 0.342 e. The van der Waals surface area contributed by atoms with E-state index < -0.39 is 36.9 Å². The molecule has 0 aliphatic heterocycles. The van der Waals surface area contributed by atoms with Gasteiger partial charge in [0.25, 0.3) is 0 Å². The van der Waals surface area contributed by atoms with Crippen LogP contribution in [0.3, 0.4) is 0 Å². The van der Waals surface area contributed by atoms with Crippen molar-refractivity contribution in [3.05, 3.63) is 72.8 Å². The van der Waals surface area contributed by atoms with E-state index in [1.807, 2.05) is 0 Å². The first-order valence-electron chi connectivity index (χ1n) is 8.43. The number of hydrazone groups is 1. The summed E-state index contributed by atoms with van der Waals surface area (Å²) in [5.41, 5.74) is 9.59. The quantitative estimate of drug-likeness (QED) is 0.0926. The highest BCUT2D eigenvalue weighted by atomic mass is 32.2. The van der Waals surface area contributed by atoms with Gasteiger partial charge in [-0.05, 0) is 24.3 Å². The van der Waals surface area contributed by atoms with Crippen LogP contribution in [0.15, 0.2) is 77.2 Å². The average Bonchev–Trinajstić information content (AvgIpc) is 2.76. The second kappa shape index (κ2) is 8.45. The highest BCUT2D eigenvalue weighted by Gasteiger charge is 2.64. The lowest BCUT2D eigenvalue weighted by molar-refractivity contribution is -0.141. The molecule has 2 aromatic carbocycles. The van der Waals surface area contributed by atoms with Crippen LogP contribution in [0.4, 0.5) is 5.69 Å². The van der Waals surface area contributed by atoms with Crippen molar-refractivity contribution in [2.24, 2.45) is 22.4 Å². The normalized spacial score (nSPS) is 15.7. The first-order chi connectivity index (χ1) is 14.1. The lowest BCUT2D eigenvalue weighted by Crippen LogP contribution is -2.75. The van der Waals surface area contributed by atoms with E-state index >= 15 is 0 Å². The van der Waals surface area contributed by atoms with E-state index in [1.165, 1.54) is 36.4 Å². The van der Waals surface area contributed by atoms with Gasteiger partial charge in [0.15, 0.2) is 5.78 Å². The maximum atomic E-state index is 13.3. The number of carbonyl (C=O) groups excluding carboxylic acids is 1. The molecule has 0 spiro atoms. The fraction of sp³-hybridized carbons (Fsp3) is 0.105. The highest BCUT2D eigenvalue weighted by Crippen LogP contribution is 2.34. The second-order valence-electron chi connectivity index (χ2n) is 6.26. The zero-order chi connectivity index (χ0) is 22.6. The Morgan fingerprint density at radius 1 is 1.10 bits per heavy atom. The smallest absolute Gasteiger partial charge is 0.342 e. The molecule has 10 nitrogen and oxygen atoms in total. The monoisotopic (exact) mass is 431 g/mol. The Bertz CT molecular complexity index is 1100. The topological polar surface area (TPSA) is 191 Å². The first-order valence-corrected chi connectivity index (χ1v) is 9.92. The van der Waals surface area contributed by atoms with Crippen molar-refractivity contribution >= 4 is 33.6 Å². The van der Waals surface area contributed by atoms with E-state index in [4.69, 9.17) is 17.3 Å². The molecule has 0 heterocycles. The zero-order valence-corrected chi connectivity index (χ0v) is 16.5. The molecule has 0 aliphatic rings. The summed E-state index contributed by atoms with van der Waals surface area (Å²) in [7, 11) is -4.84. The van der Waals surface area contributed by atoms with Crippen molar-refractivity contribution in [3.8, 4) is 0 Å². The van der Waals surface area contributed by atoms with Crippen molar-refractivity contribution in [3.63, 3.8) is 0 Å². The molecule has 0 aliphatic carbocycles. The molecule has 30 heavy (non-hydrogen) atoms. The highest BCUT2D eigenvalue weighted by molar-refractivity contribution is 7.93. The largest absolute Gasteiger partial charge is 0.479 e. The lowest BCUT2D eigenvalue weighted by atomic mass is 9.83. The number of ketones is 1. The number of Topliss-reactive ketones (excluding diaryl/α,β-unsaturated/α-hetero) is 1. The van der Waals surface area contributed by atoms with E-state index in [0.29, 0.717) is 5.69 Å². The first kappa shape index (κ1) is 22.7. The summed E-state index contributed by atoms with van der Waals surface area (Å²) < 4.78 is 26.4. The van der Waals surface area contributed by atoms with Gasteiger partial charge in [0.2, 0.25) is 14.7 Å². The van der Waals surface area contributed by atoms with Crippen LogP contribution in [0, 0.1) is 0 Å². The van der Waals surface area contributed by atoms with Gasteiger partial charge >= 0.3 is 5.97 Å². The molecule has 2 atom stereocenters. The third kappa shape index (κ3) is 3.56. The number of carboxylic acid groups (broad SMARTS) is 1. The average molecular weight is 431 g/mol. The molecule has 0 saturated carbocycles. The molecule has 2 rings (SSSR count). The number of benzene rings is 2. The number of nitrogens with one attached hydrogen (secondary N) is 1. The van der Waals surface area contributed by atoms with E-state index in [0.717, 1.165) is 24.5 Å². The van der Waals surface area contributed by atoms with E-state index in [9.17, 15) is 23.1 Å². The van der Waals surface area contributed by atoms with Crippen LogP contribution < -0.4 is 22.6 Å². The Kier molecular flexibility index (Phi) is 6.41. The Morgan fingerprint density at radius 2 is 1.73 bits per heavy atom. The van der Waals surface area contributed by atoms with Gasteiger partial charge in [-0.25, -0.2) is 13.2 Å². The van der Waals surface area contributed by atoms with Gasteiger partial charge in [-0.1, -0.05) is 36.4 Å². The number of hydrogen-bond acceptors (Lipinski definition) is 8. The zero-order valence-electron chi connectivity index (χ0n) is 15.7. The molecular formula is C19H21N5O5S. The minimum absolute atomic E-state index is 0.104. The molecule has 2 unspecified atom stereocenters. The van der Waals surface area contributed by atoms with Crippen molar-refractivity contribution < 1.29 is 23.1 Å². The van der Waals surface area contributed by atoms with Gasteiger partial charge in [-0.15, -0.1) is 6.58 Å². The molecule has 158 valence electrons. The van der Waals surface area contributed by atoms with E-state index in [-0.39, 0.29) is 5.56 Å². The van der Waals surface area contributed by atoms with Gasteiger partial charge in [-0.3, -0.25) is 4.79 Å². The molecule has 0 radical (unpaired) electrons. The third-order valence-electron chi connectivity index (χ3n) is 4.54. The summed E-state index contributed by atoms with van der Waals surface area (Å²) in [5, 5.41) is 15.8. The fourth-order valence-corrected chi connectivity index (χ4v) is 4.55. The van der Waals surface area contributed by atoms with Crippen LogP contribution in [-0.2, 0) is 14.6 Å². The van der Waals surface area contributed by atoms with Gasteiger partial charge in [0, 0.05) is 11.3 Å². The number of aliphatic carboxylic acids is 1. The van der Waals surface area contributed by atoms with Crippen molar-refractivity contribution in [1.29, 1.82) is 0 Å². The van der Waals surface area contributed by atoms with Gasteiger partial charge in [0.05, 0.1) is 4.90 Å². The van der Waals surface area contributed by atoms with Crippen LogP contribution in [0.25, 0.3) is 0 Å². The number of carbonyl (C=O) groups is 2. The van der Waals surface area contributed by atoms with Crippen molar-refractivity contribution in [2.75, 3.05) is 5.32 Å². The Hall–Kier alpha value is -3.54. The molecule has 0 amide bonds. The number of anilines is 1. The molecule has 0 aromatic heterocycles. The van der Waals surface area contributed by atoms with Crippen LogP contribution in [0.1, 0.15) is 10.4 Å². The number of nitrogens with zero attached hydrogens (tertiary/aromatic N) is 1. The van der Waals surface area contributed by atoms with Crippen LogP contribution in [-0.4, -0.2) is 42.0 Å². The molecule has 0 bridgehead atoms. The Morgan fingerprint density at radius 3 is 2.27 bits per heavy atom. The van der Waals surface area contributed by atoms with Gasteiger partial charge in [0.1, 0.15) is 11.9 Å². The Labute approximate surface area is 173 Å². The minimum Gasteiger partial charge on any atom is -0.479 e. The van der Waals surface area contributed by atoms with Crippen LogP contribution >= 0.6 is 0 Å². The molecule has 2 aromatic rings. The SMILES string of the molecule is C=CC(N)(C(=O)c1cccc(NC=NN)c1)C(N)(C(=O)O)S(=O)(=O)c1ccccc1. The summed E-state index contributed by atoms with van der Waals surface area (Å²) in [6, 6.07) is 12.3. The third-order valence-corrected chi connectivity index (χ3v) is 6.79. The number of sulfone groups is 1. The lowest BCUT2D eigenvalue weighted by Gasteiger charge is -2.38. The minimum atomic E-state index is -4.84. The van der Waals surface area contributed by atoms with E-state index in [2.05, 4.69) is 17.0 Å². The number of carboxylic acids is 1. The predicted molar refractivity (Wildman–Crippen MR) is 112 cm³/mol. The summed E-state index contributed by atoms with van der Waals surface area (Å²) >= 11 is 0. The maximum absolute atomic E-state index is 13.3. The summed E-state index contributed by atoms with van der Waals surface area (Å²) in [6.45, 7) is 3.40. The summed E-state index contributed by atoms with van der Waals surface area (Å²) in [5.74, 6) is 1.95. The fourth-order valence-electron chi connectivity index (χ4n) is 2.81. The number of nitrogens with two attached hydrogens (primary N) is 3. The van der Waals surface area contributed by atoms with Gasteiger partial charge in [-0.2, -0.15) is 5.10 Å². The molecule has 11 heteroatoms. The van der Waals surface area contributed by atoms with Crippen LogP contribution in [0.5, 0.6) is 0 Å². The standard InChI is InChI=1S/C19H21N5O5S/c1-2-18(20,16(25)13-7-6-8-14(11-13)23-12-24-22)19(21,17(26)27)30(28,29)15-9-4-3-5-10-15/h2-12H,1,20-22H2,(H,23,24)(H,26,27). The molecule has 8 N–H and O–H groups in total. The van der Waals surface area contributed by atoms with Gasteiger partial charge < -0.3 is 27.7 Å². The summed E-state index contributed by atoms with van der Waals surface area (Å²) in [4.78, 5) is 21.8. The van der Waals surface area contributed by atoms with Crippen LogP contribution in [0.2, 0.25) is 0 Å². The second-order valence-corrected chi connectivity index (χ2v) is 8.39. The molecular weight excluding hydrogens is 410 g/mol.